The van der Waals surface area contributed by atoms with Gasteiger partial charge in [-0.05, 0) is 56.2 Å². The Bertz CT molecular complexity index is 660. The summed E-state index contributed by atoms with van der Waals surface area (Å²) in [7, 11) is 3.36. The van der Waals surface area contributed by atoms with Crippen LogP contribution in [0.3, 0.4) is 0 Å². The smallest absolute Gasteiger partial charge is 0.126 e. The average Bonchev–Trinajstić information content (AvgIpc) is 2.62. The van der Waals surface area contributed by atoms with E-state index in [-0.39, 0.29) is 0 Å². The monoisotopic (exact) mass is 325 g/mol. The third-order valence-corrected chi connectivity index (χ3v) is 4.26. The molecule has 0 N–H and O–H groups in total. The predicted molar refractivity (Wildman–Crippen MR) is 103 cm³/mol. The minimum atomic E-state index is 0.839. The van der Waals surface area contributed by atoms with Gasteiger partial charge in [-0.3, -0.25) is 0 Å². The van der Waals surface area contributed by atoms with Gasteiger partial charge < -0.3 is 14.4 Å². The normalized spacial score (nSPS) is 10.9. The van der Waals surface area contributed by atoms with E-state index < -0.39 is 0 Å². The van der Waals surface area contributed by atoms with Crippen LogP contribution in [-0.2, 0) is 0 Å². The van der Waals surface area contributed by atoms with Crippen molar-refractivity contribution in [2.45, 2.75) is 20.8 Å². The van der Waals surface area contributed by atoms with Crippen molar-refractivity contribution in [3.05, 3.63) is 53.1 Å². The molecule has 0 heterocycles. The van der Waals surface area contributed by atoms with Crippen LogP contribution in [0, 0.1) is 6.92 Å². The fraction of sp³-hybridized carbons (Fsp3) is 0.333. The summed E-state index contributed by atoms with van der Waals surface area (Å²) in [6, 6.07) is 12.7. The summed E-state index contributed by atoms with van der Waals surface area (Å²) in [5.41, 5.74) is 4.50. The molecule has 0 fully saturated rings. The maximum Gasteiger partial charge on any atom is 0.126 e. The molecule has 0 saturated heterocycles. The lowest BCUT2D eigenvalue weighted by molar-refractivity contribution is 0.388. The average molecular weight is 325 g/mol. The van der Waals surface area contributed by atoms with E-state index in [1.807, 2.05) is 19.1 Å². The van der Waals surface area contributed by atoms with Crippen LogP contribution in [0.2, 0.25) is 0 Å². The third kappa shape index (κ3) is 4.10. The first-order valence-electron chi connectivity index (χ1n) is 8.38. The number of hydrogen-bond donors (Lipinski definition) is 0. The summed E-state index contributed by atoms with van der Waals surface area (Å²) in [5, 5.41) is 0. The Hall–Kier alpha value is -2.42. The predicted octanol–water partition coefficient (Wildman–Crippen LogP) is 5.03. The minimum Gasteiger partial charge on any atom is -0.496 e. The Morgan fingerprint density at radius 1 is 0.833 bits per heavy atom. The van der Waals surface area contributed by atoms with E-state index in [0.717, 1.165) is 35.7 Å². The van der Waals surface area contributed by atoms with E-state index >= 15 is 0 Å². The van der Waals surface area contributed by atoms with Crippen molar-refractivity contribution in [2.75, 3.05) is 32.2 Å². The van der Waals surface area contributed by atoms with Crippen molar-refractivity contribution in [3.63, 3.8) is 0 Å². The Kier molecular flexibility index (Phi) is 6.30. The van der Waals surface area contributed by atoms with Gasteiger partial charge in [-0.25, -0.2) is 0 Å². The number of anilines is 1. The minimum absolute atomic E-state index is 0.839. The van der Waals surface area contributed by atoms with E-state index in [2.05, 4.69) is 55.2 Å². The molecule has 0 aliphatic rings. The summed E-state index contributed by atoms with van der Waals surface area (Å²) >= 11 is 0. The highest BCUT2D eigenvalue weighted by Crippen LogP contribution is 2.30. The van der Waals surface area contributed by atoms with Crippen LogP contribution in [0.15, 0.2) is 36.4 Å². The molecule has 0 aliphatic heterocycles. The molecule has 2 aromatic rings. The second-order valence-corrected chi connectivity index (χ2v) is 5.65. The number of ether oxygens (including phenoxy) is 2. The molecular weight excluding hydrogens is 298 g/mol. The number of nitrogens with zero attached hydrogens (tertiary/aromatic N) is 1. The van der Waals surface area contributed by atoms with Crippen molar-refractivity contribution in [1.82, 2.24) is 0 Å². The highest BCUT2D eigenvalue weighted by Gasteiger charge is 2.07. The number of methoxy groups -OCH3 is 2. The molecule has 128 valence electrons. The molecule has 0 bridgehead atoms. The fourth-order valence-corrected chi connectivity index (χ4v) is 2.78. The highest BCUT2D eigenvalue weighted by molar-refractivity contribution is 5.72. The van der Waals surface area contributed by atoms with E-state index in [1.165, 1.54) is 11.3 Å². The number of rotatable bonds is 7. The number of benzene rings is 2. The molecule has 0 unspecified atom stereocenters. The van der Waals surface area contributed by atoms with Crippen molar-refractivity contribution in [3.8, 4) is 11.5 Å². The van der Waals surface area contributed by atoms with E-state index in [4.69, 9.17) is 9.47 Å². The van der Waals surface area contributed by atoms with Gasteiger partial charge in [0.15, 0.2) is 0 Å². The standard InChI is InChI=1S/C21H27NO2/c1-6-22(7-2)19-12-10-17(11-13-19)8-9-18-14-20(23-4)16(3)21(15-18)24-5/h8-15H,6-7H2,1-5H3. The molecule has 0 atom stereocenters. The van der Waals surface area contributed by atoms with Gasteiger partial charge >= 0.3 is 0 Å². The van der Waals surface area contributed by atoms with Crippen LogP contribution in [0.4, 0.5) is 5.69 Å². The zero-order valence-electron chi connectivity index (χ0n) is 15.3. The van der Waals surface area contributed by atoms with Gasteiger partial charge in [-0.2, -0.15) is 0 Å². The van der Waals surface area contributed by atoms with Gasteiger partial charge in [0, 0.05) is 24.3 Å². The summed E-state index contributed by atoms with van der Waals surface area (Å²) in [6.45, 7) is 8.39. The van der Waals surface area contributed by atoms with Gasteiger partial charge in [0.05, 0.1) is 14.2 Å². The molecule has 2 aromatic carbocycles. The van der Waals surface area contributed by atoms with Crippen molar-refractivity contribution in [1.29, 1.82) is 0 Å². The SMILES string of the molecule is CCN(CC)c1ccc(C=Cc2cc(OC)c(C)c(OC)c2)cc1. The van der Waals surface area contributed by atoms with Gasteiger partial charge in [-0.15, -0.1) is 0 Å². The molecule has 0 spiro atoms. The van der Waals surface area contributed by atoms with Crippen LogP contribution in [0.5, 0.6) is 11.5 Å². The molecule has 3 heteroatoms. The van der Waals surface area contributed by atoms with Crippen LogP contribution >= 0.6 is 0 Å². The topological polar surface area (TPSA) is 21.7 Å². The number of hydrogen-bond acceptors (Lipinski definition) is 3. The quantitative estimate of drug-likeness (QED) is 0.667. The lowest BCUT2D eigenvalue weighted by Crippen LogP contribution is -2.21. The summed E-state index contributed by atoms with van der Waals surface area (Å²) in [6.07, 6.45) is 4.19. The lowest BCUT2D eigenvalue weighted by Gasteiger charge is -2.20. The first-order chi connectivity index (χ1) is 11.6. The first kappa shape index (κ1) is 17.9. The van der Waals surface area contributed by atoms with Crippen LogP contribution in [0.25, 0.3) is 12.2 Å². The molecule has 0 saturated carbocycles. The Morgan fingerprint density at radius 3 is 1.79 bits per heavy atom. The second-order valence-electron chi connectivity index (χ2n) is 5.65. The zero-order chi connectivity index (χ0) is 17.5. The maximum absolute atomic E-state index is 5.43. The Labute approximate surface area is 145 Å². The van der Waals surface area contributed by atoms with Crippen LogP contribution < -0.4 is 14.4 Å². The molecular formula is C21H27NO2. The van der Waals surface area contributed by atoms with E-state index in [9.17, 15) is 0 Å². The first-order valence-corrected chi connectivity index (χ1v) is 8.38. The summed E-state index contributed by atoms with van der Waals surface area (Å²) in [4.78, 5) is 2.34. The van der Waals surface area contributed by atoms with E-state index in [1.54, 1.807) is 14.2 Å². The van der Waals surface area contributed by atoms with Crippen LogP contribution in [0.1, 0.15) is 30.5 Å². The van der Waals surface area contributed by atoms with Gasteiger partial charge in [-0.1, -0.05) is 24.3 Å². The molecule has 3 nitrogen and oxygen atoms in total. The maximum atomic E-state index is 5.43. The largest absolute Gasteiger partial charge is 0.496 e. The van der Waals surface area contributed by atoms with E-state index in [0.29, 0.717) is 0 Å². The van der Waals surface area contributed by atoms with Crippen molar-refractivity contribution < 1.29 is 9.47 Å². The summed E-state index contributed by atoms with van der Waals surface area (Å²) in [5.74, 6) is 1.68. The summed E-state index contributed by atoms with van der Waals surface area (Å²) < 4.78 is 10.9. The molecule has 0 aliphatic carbocycles. The van der Waals surface area contributed by atoms with Gasteiger partial charge in [0.25, 0.3) is 0 Å². The molecule has 0 radical (unpaired) electrons. The van der Waals surface area contributed by atoms with Crippen molar-refractivity contribution >= 4 is 17.8 Å². The van der Waals surface area contributed by atoms with Gasteiger partial charge in [0.2, 0.25) is 0 Å². The molecule has 0 aromatic heterocycles. The Morgan fingerprint density at radius 2 is 1.33 bits per heavy atom. The molecule has 0 amide bonds. The lowest BCUT2D eigenvalue weighted by atomic mass is 10.1. The Balaban J connectivity index is 2.21. The molecule has 2 rings (SSSR count). The molecule has 24 heavy (non-hydrogen) atoms. The third-order valence-electron chi connectivity index (χ3n) is 4.26. The fourth-order valence-electron chi connectivity index (χ4n) is 2.78. The second kappa shape index (κ2) is 8.44. The van der Waals surface area contributed by atoms with Crippen LogP contribution in [-0.4, -0.2) is 27.3 Å². The zero-order valence-corrected chi connectivity index (χ0v) is 15.3. The highest BCUT2D eigenvalue weighted by atomic mass is 16.5. The van der Waals surface area contributed by atoms with Crippen molar-refractivity contribution in [2.24, 2.45) is 0 Å². The van der Waals surface area contributed by atoms with Gasteiger partial charge in [0.1, 0.15) is 11.5 Å².